The minimum Gasteiger partial charge on any atom is -0.490 e. The van der Waals surface area contributed by atoms with Crippen LogP contribution in [-0.2, 0) is 14.8 Å². The van der Waals surface area contributed by atoms with E-state index in [4.69, 9.17) is 9.47 Å². The lowest BCUT2D eigenvalue weighted by molar-refractivity contribution is -0.127. The molecule has 0 spiro atoms. The van der Waals surface area contributed by atoms with Gasteiger partial charge in [-0.2, -0.15) is 4.31 Å². The van der Waals surface area contributed by atoms with Crippen molar-refractivity contribution in [3.8, 4) is 11.5 Å². The molecule has 1 aliphatic carbocycles. The van der Waals surface area contributed by atoms with E-state index in [0.717, 1.165) is 12.0 Å². The zero-order chi connectivity index (χ0) is 23.9. The zero-order valence-corrected chi connectivity index (χ0v) is 20.5. The summed E-state index contributed by atoms with van der Waals surface area (Å²) in [6, 6.07) is 7.47. The number of nitrogens with zero attached hydrogens (tertiary/aromatic N) is 3. The van der Waals surface area contributed by atoms with Crippen LogP contribution in [0, 0.1) is 13.8 Å². The molecule has 2 aliphatic heterocycles. The number of aromatic nitrogens is 1. The molecular weight excluding hydrogens is 454 g/mol. The highest BCUT2D eigenvalue weighted by atomic mass is 32.2. The Balaban J connectivity index is 1.22. The molecule has 2 fully saturated rings. The molecule has 1 aromatic heterocycles. The summed E-state index contributed by atoms with van der Waals surface area (Å²) in [4.78, 5) is 14.7. The average Bonchev–Trinajstić information content (AvgIpc) is 3.65. The molecule has 0 bridgehead atoms. The number of carbonyl (C=O) groups is 1. The van der Waals surface area contributed by atoms with Gasteiger partial charge in [-0.25, -0.2) is 8.42 Å². The average molecular weight is 486 g/mol. The van der Waals surface area contributed by atoms with Gasteiger partial charge in [0.2, 0.25) is 15.9 Å². The Morgan fingerprint density at radius 2 is 1.71 bits per heavy atom. The number of benzene rings is 1. The number of piperazine rings is 1. The fourth-order valence-corrected chi connectivity index (χ4v) is 6.17. The van der Waals surface area contributed by atoms with E-state index in [2.05, 4.69) is 24.5 Å². The van der Waals surface area contributed by atoms with Crippen molar-refractivity contribution in [1.29, 1.82) is 0 Å². The number of fused-ring (bicyclic) bond motifs is 1. The van der Waals surface area contributed by atoms with E-state index in [-0.39, 0.29) is 23.9 Å². The number of sulfonamides is 1. The van der Waals surface area contributed by atoms with Gasteiger partial charge in [-0.3, -0.25) is 4.79 Å². The van der Waals surface area contributed by atoms with Crippen LogP contribution in [0.1, 0.15) is 42.3 Å². The lowest BCUT2D eigenvalue weighted by Gasteiger charge is -2.33. The monoisotopic (exact) mass is 485 g/mol. The fourth-order valence-electron chi connectivity index (χ4n) is 4.73. The first-order valence-electron chi connectivity index (χ1n) is 11.9. The van der Waals surface area contributed by atoms with Crippen LogP contribution in [0.15, 0.2) is 35.2 Å². The van der Waals surface area contributed by atoms with Crippen molar-refractivity contribution in [1.82, 2.24) is 13.8 Å². The summed E-state index contributed by atoms with van der Waals surface area (Å²) in [5.41, 5.74) is 3.48. The highest BCUT2D eigenvalue weighted by molar-refractivity contribution is 7.89. The summed E-state index contributed by atoms with van der Waals surface area (Å²) in [6.45, 7) is 6.47. The van der Waals surface area contributed by atoms with E-state index in [1.54, 1.807) is 23.1 Å². The van der Waals surface area contributed by atoms with Crippen molar-refractivity contribution in [3.63, 3.8) is 0 Å². The highest BCUT2D eigenvalue weighted by Crippen LogP contribution is 2.38. The maximum absolute atomic E-state index is 13.2. The first kappa shape index (κ1) is 23.0. The molecule has 2 aromatic rings. The standard InChI is InChI=1S/C25H31N3O5S/c1-18-16-20(19(2)28(18)21-5-6-21)4-9-25(29)26-10-12-27(13-11-26)34(30,31)22-7-8-23-24(17-22)33-15-3-14-32-23/h4,7-9,16-17,21H,3,5-6,10-15H2,1-2H3/b9-4+. The molecule has 0 radical (unpaired) electrons. The number of rotatable bonds is 5. The first-order chi connectivity index (χ1) is 16.3. The van der Waals surface area contributed by atoms with Crippen LogP contribution in [0.25, 0.3) is 6.08 Å². The van der Waals surface area contributed by atoms with Crippen LogP contribution in [-0.4, -0.2) is 67.5 Å². The third-order valence-corrected chi connectivity index (χ3v) is 8.64. The third kappa shape index (κ3) is 4.46. The van der Waals surface area contributed by atoms with E-state index >= 15 is 0 Å². The van der Waals surface area contributed by atoms with Gasteiger partial charge in [0.05, 0.1) is 18.1 Å². The summed E-state index contributed by atoms with van der Waals surface area (Å²) in [5.74, 6) is 0.930. The molecule has 8 nitrogen and oxygen atoms in total. The Hall–Kier alpha value is -2.78. The summed E-state index contributed by atoms with van der Waals surface area (Å²) in [7, 11) is -3.68. The Morgan fingerprint density at radius 3 is 2.41 bits per heavy atom. The molecule has 1 saturated carbocycles. The number of aryl methyl sites for hydroxylation is 1. The molecule has 9 heteroatoms. The maximum Gasteiger partial charge on any atom is 0.246 e. The van der Waals surface area contributed by atoms with Crippen LogP contribution < -0.4 is 9.47 Å². The summed E-state index contributed by atoms with van der Waals surface area (Å²) in [5, 5.41) is 0. The van der Waals surface area contributed by atoms with Crippen molar-refractivity contribution >= 4 is 22.0 Å². The van der Waals surface area contributed by atoms with E-state index < -0.39 is 10.0 Å². The Kier molecular flexibility index (Phi) is 6.16. The Labute approximate surface area is 200 Å². The van der Waals surface area contributed by atoms with Crippen LogP contribution >= 0.6 is 0 Å². The minimum atomic E-state index is -3.68. The second-order valence-electron chi connectivity index (χ2n) is 9.15. The van der Waals surface area contributed by atoms with E-state index in [9.17, 15) is 13.2 Å². The smallest absolute Gasteiger partial charge is 0.246 e. The molecule has 1 aromatic carbocycles. The lowest BCUT2D eigenvalue weighted by atomic mass is 10.2. The van der Waals surface area contributed by atoms with Crippen LogP contribution in [0.5, 0.6) is 11.5 Å². The molecule has 182 valence electrons. The van der Waals surface area contributed by atoms with Gasteiger partial charge in [-0.05, 0) is 56.5 Å². The van der Waals surface area contributed by atoms with Crippen molar-refractivity contribution in [2.75, 3.05) is 39.4 Å². The predicted octanol–water partition coefficient (Wildman–Crippen LogP) is 3.15. The Morgan fingerprint density at radius 1 is 1.00 bits per heavy atom. The normalized spacial score (nSPS) is 19.4. The second kappa shape index (κ2) is 9.11. The molecule has 0 N–H and O–H groups in total. The quantitative estimate of drug-likeness (QED) is 0.608. The second-order valence-corrected chi connectivity index (χ2v) is 11.1. The van der Waals surface area contributed by atoms with E-state index in [1.807, 2.05) is 6.08 Å². The number of carbonyl (C=O) groups excluding carboxylic acids is 1. The van der Waals surface area contributed by atoms with Gasteiger partial charge in [-0.15, -0.1) is 0 Å². The molecule has 1 amide bonds. The molecule has 3 aliphatic rings. The summed E-state index contributed by atoms with van der Waals surface area (Å²) in [6.07, 6.45) is 6.68. The van der Waals surface area contributed by atoms with Crippen molar-refractivity contribution < 1.29 is 22.7 Å². The molecule has 0 atom stereocenters. The first-order valence-corrected chi connectivity index (χ1v) is 13.3. The van der Waals surface area contributed by atoms with Gasteiger partial charge in [0.1, 0.15) is 0 Å². The third-order valence-electron chi connectivity index (χ3n) is 6.75. The molecule has 1 saturated heterocycles. The largest absolute Gasteiger partial charge is 0.490 e. The van der Waals surface area contributed by atoms with E-state index in [1.165, 1.54) is 34.6 Å². The van der Waals surface area contributed by atoms with Crippen LogP contribution in [0.2, 0.25) is 0 Å². The molecule has 34 heavy (non-hydrogen) atoms. The van der Waals surface area contributed by atoms with E-state index in [0.29, 0.717) is 43.8 Å². The van der Waals surface area contributed by atoms with Gasteiger partial charge in [-0.1, -0.05) is 0 Å². The highest BCUT2D eigenvalue weighted by Gasteiger charge is 2.31. The van der Waals surface area contributed by atoms with Crippen LogP contribution in [0.4, 0.5) is 0 Å². The van der Waals surface area contributed by atoms with Crippen molar-refractivity contribution in [3.05, 3.63) is 47.3 Å². The SMILES string of the molecule is Cc1cc(/C=C/C(=O)N2CCN(S(=O)(=O)c3ccc4c(c3)OCCCO4)CC2)c(C)n1C1CC1. The number of amides is 1. The fraction of sp³-hybridized carbons (Fsp3) is 0.480. The summed E-state index contributed by atoms with van der Waals surface area (Å²) >= 11 is 0. The van der Waals surface area contributed by atoms with Gasteiger partial charge < -0.3 is 18.9 Å². The Bertz CT molecular complexity index is 1220. The molecule has 5 rings (SSSR count). The molecular formula is C25H31N3O5S. The summed E-state index contributed by atoms with van der Waals surface area (Å²) < 4.78 is 41.4. The zero-order valence-electron chi connectivity index (χ0n) is 19.7. The number of ether oxygens (including phenoxy) is 2. The predicted molar refractivity (Wildman–Crippen MR) is 129 cm³/mol. The number of hydrogen-bond acceptors (Lipinski definition) is 5. The maximum atomic E-state index is 13.2. The topological polar surface area (TPSA) is 81.1 Å². The van der Waals surface area contributed by atoms with Gasteiger partial charge >= 0.3 is 0 Å². The lowest BCUT2D eigenvalue weighted by Crippen LogP contribution is -2.50. The van der Waals surface area contributed by atoms with Crippen LogP contribution in [0.3, 0.4) is 0 Å². The molecule has 0 unspecified atom stereocenters. The van der Waals surface area contributed by atoms with Crippen molar-refractivity contribution in [2.24, 2.45) is 0 Å². The van der Waals surface area contributed by atoms with Gasteiger partial charge in [0.15, 0.2) is 11.5 Å². The van der Waals surface area contributed by atoms with Gasteiger partial charge in [0.25, 0.3) is 0 Å². The minimum absolute atomic E-state index is 0.0937. The van der Waals surface area contributed by atoms with Crippen molar-refractivity contribution in [2.45, 2.75) is 44.0 Å². The molecule has 3 heterocycles. The van der Waals surface area contributed by atoms with Gasteiger partial charge in [0, 0.05) is 62.2 Å². The number of hydrogen-bond donors (Lipinski definition) is 0.